The van der Waals surface area contributed by atoms with E-state index in [0.717, 1.165) is 57.8 Å². The van der Waals surface area contributed by atoms with Gasteiger partial charge in [-0.1, -0.05) is 59.3 Å². The summed E-state index contributed by atoms with van der Waals surface area (Å²) in [6, 6.07) is 0. The van der Waals surface area contributed by atoms with E-state index < -0.39 is 18.7 Å². The highest BCUT2D eigenvalue weighted by Crippen LogP contribution is 2.27. The van der Waals surface area contributed by atoms with Crippen LogP contribution in [0.25, 0.3) is 0 Å². The molecule has 0 saturated heterocycles. The van der Waals surface area contributed by atoms with Crippen LogP contribution in [0.5, 0.6) is 0 Å². The van der Waals surface area contributed by atoms with Gasteiger partial charge in [0.2, 0.25) is 0 Å². The summed E-state index contributed by atoms with van der Waals surface area (Å²) in [7, 11) is 1.82. The van der Waals surface area contributed by atoms with Crippen LogP contribution in [0.4, 0.5) is 0 Å². The maximum absolute atomic E-state index is 10.7. The number of unbranched alkanes of at least 4 members (excludes halogenated alkanes) is 6. The van der Waals surface area contributed by atoms with Crippen LogP contribution in [-0.4, -0.2) is 45.5 Å². The summed E-state index contributed by atoms with van der Waals surface area (Å²) in [5.41, 5.74) is 0. The van der Waals surface area contributed by atoms with Gasteiger partial charge < -0.3 is 15.3 Å². The average molecular weight is 333 g/mol. The Morgan fingerprint density at radius 2 is 0.826 bits per heavy atom. The second kappa shape index (κ2) is 13.2. The largest absolute Gasteiger partial charge is 0.345 e. The first-order valence-electron chi connectivity index (χ1n) is 9.84. The molecule has 4 heteroatoms. The van der Waals surface area contributed by atoms with Crippen molar-refractivity contribution in [2.75, 3.05) is 7.05 Å². The molecule has 0 aliphatic rings. The Balaban J connectivity index is 4.84. The predicted molar refractivity (Wildman–Crippen MR) is 96.6 cm³/mol. The van der Waals surface area contributed by atoms with Gasteiger partial charge in [-0.05, 0) is 19.3 Å². The molecule has 0 aliphatic carbocycles. The van der Waals surface area contributed by atoms with E-state index in [0.29, 0.717) is 19.3 Å². The zero-order valence-electron chi connectivity index (χ0n) is 16.0. The predicted octanol–water partition coefficient (Wildman–Crippen LogP) is 4.13. The summed E-state index contributed by atoms with van der Waals surface area (Å²) in [6.07, 6.45) is 9.19. The summed E-state index contributed by atoms with van der Waals surface area (Å²) >= 11 is 0. The number of nitrogens with zero attached hydrogens (tertiary/aromatic N) is 1. The zero-order chi connectivity index (χ0) is 17.7. The fourth-order valence-electron chi connectivity index (χ4n) is 3.16. The lowest BCUT2D eigenvalue weighted by molar-refractivity contribution is -1.03. The summed E-state index contributed by atoms with van der Waals surface area (Å²) in [5.74, 6) is 0. The molecular formula is C19H42NO3+. The van der Waals surface area contributed by atoms with Crippen LogP contribution in [0.3, 0.4) is 0 Å². The van der Waals surface area contributed by atoms with Gasteiger partial charge in [-0.3, -0.25) is 4.48 Å². The fraction of sp³-hybridized carbons (Fsp3) is 1.00. The van der Waals surface area contributed by atoms with Crippen molar-refractivity contribution in [1.29, 1.82) is 0 Å². The molecule has 0 radical (unpaired) electrons. The Hall–Kier alpha value is -0.160. The number of hydrogen-bond donors (Lipinski definition) is 3. The van der Waals surface area contributed by atoms with Crippen LogP contribution in [0.1, 0.15) is 97.8 Å². The second-order valence-corrected chi connectivity index (χ2v) is 7.15. The molecule has 3 atom stereocenters. The lowest BCUT2D eigenvalue weighted by Gasteiger charge is -2.45. The first-order chi connectivity index (χ1) is 10.9. The summed E-state index contributed by atoms with van der Waals surface area (Å²) in [5, 5.41) is 32.1. The van der Waals surface area contributed by atoms with E-state index in [4.69, 9.17) is 0 Å². The molecule has 0 heterocycles. The molecule has 0 bridgehead atoms. The molecule has 0 aromatic carbocycles. The normalized spacial score (nSPS) is 18.4. The lowest BCUT2D eigenvalue weighted by atomic mass is 10.1. The lowest BCUT2D eigenvalue weighted by Crippen LogP contribution is -2.64. The molecule has 0 amide bonds. The van der Waals surface area contributed by atoms with Gasteiger partial charge >= 0.3 is 0 Å². The Kier molecular flexibility index (Phi) is 13.1. The van der Waals surface area contributed by atoms with Gasteiger partial charge in [-0.25, -0.2) is 0 Å². The molecule has 23 heavy (non-hydrogen) atoms. The minimum atomic E-state index is -0.699. The Bertz CT molecular complexity index is 233. The zero-order valence-corrected chi connectivity index (χ0v) is 16.0. The van der Waals surface area contributed by atoms with Crippen molar-refractivity contribution in [3.05, 3.63) is 0 Å². The van der Waals surface area contributed by atoms with Crippen molar-refractivity contribution in [2.24, 2.45) is 0 Å². The third kappa shape index (κ3) is 7.97. The monoisotopic (exact) mass is 332 g/mol. The van der Waals surface area contributed by atoms with Crippen molar-refractivity contribution < 1.29 is 19.8 Å². The molecule has 0 aromatic heterocycles. The van der Waals surface area contributed by atoms with Gasteiger partial charge in [0.1, 0.15) is 0 Å². The molecule has 4 nitrogen and oxygen atoms in total. The van der Waals surface area contributed by atoms with E-state index in [-0.39, 0.29) is 4.48 Å². The van der Waals surface area contributed by atoms with Gasteiger partial charge in [0.25, 0.3) is 0 Å². The van der Waals surface area contributed by atoms with Crippen LogP contribution < -0.4 is 0 Å². The number of aliphatic hydroxyl groups excluding tert-OH is 3. The Labute approximate surface area is 144 Å². The van der Waals surface area contributed by atoms with Crippen molar-refractivity contribution in [1.82, 2.24) is 0 Å². The maximum atomic E-state index is 10.7. The van der Waals surface area contributed by atoms with E-state index in [1.807, 2.05) is 7.05 Å². The van der Waals surface area contributed by atoms with Crippen LogP contribution in [-0.2, 0) is 0 Å². The van der Waals surface area contributed by atoms with E-state index in [1.54, 1.807) is 0 Å². The highest BCUT2D eigenvalue weighted by atomic mass is 16.4. The molecule has 0 rings (SSSR count). The highest BCUT2D eigenvalue weighted by Gasteiger charge is 2.43. The first kappa shape index (κ1) is 22.8. The molecule has 0 spiro atoms. The summed E-state index contributed by atoms with van der Waals surface area (Å²) in [4.78, 5) is 0. The number of quaternary nitrogens is 1. The maximum Gasteiger partial charge on any atom is 0.194 e. The third-order valence-electron chi connectivity index (χ3n) is 5.12. The second-order valence-electron chi connectivity index (χ2n) is 7.15. The molecule has 3 unspecified atom stereocenters. The van der Waals surface area contributed by atoms with Crippen molar-refractivity contribution >= 4 is 0 Å². The first-order valence-corrected chi connectivity index (χ1v) is 9.84. The van der Waals surface area contributed by atoms with Gasteiger partial charge in [0.05, 0.1) is 7.05 Å². The van der Waals surface area contributed by atoms with Gasteiger partial charge in [0.15, 0.2) is 18.7 Å². The standard InChI is InChI=1S/C19H42NO3/c1-5-8-11-14-17(21)20(4,18(22)15-12-9-6-2)19(23)16-13-10-7-3/h17-19,21-23H,5-16H2,1-4H3/q+1. The minimum Gasteiger partial charge on any atom is -0.345 e. The van der Waals surface area contributed by atoms with E-state index >= 15 is 0 Å². The van der Waals surface area contributed by atoms with Crippen LogP contribution >= 0.6 is 0 Å². The SMILES string of the molecule is CCCCCC(O)[N+](C)(C(O)CCCCC)C(O)CCCCC. The number of hydrogen-bond acceptors (Lipinski definition) is 3. The van der Waals surface area contributed by atoms with Crippen LogP contribution in [0.2, 0.25) is 0 Å². The molecule has 0 saturated carbocycles. The molecule has 3 N–H and O–H groups in total. The third-order valence-corrected chi connectivity index (χ3v) is 5.12. The van der Waals surface area contributed by atoms with E-state index in [2.05, 4.69) is 20.8 Å². The van der Waals surface area contributed by atoms with E-state index in [1.165, 1.54) is 0 Å². The molecule has 0 aliphatic heterocycles. The molecule has 0 aromatic rings. The smallest absolute Gasteiger partial charge is 0.194 e. The molecule has 0 fully saturated rings. The van der Waals surface area contributed by atoms with Gasteiger partial charge in [-0.2, -0.15) is 0 Å². The fourth-order valence-corrected chi connectivity index (χ4v) is 3.16. The van der Waals surface area contributed by atoms with Gasteiger partial charge in [0, 0.05) is 19.3 Å². The van der Waals surface area contributed by atoms with E-state index in [9.17, 15) is 15.3 Å². The average Bonchev–Trinajstić information content (AvgIpc) is 2.54. The minimum absolute atomic E-state index is 0.0306. The summed E-state index contributed by atoms with van der Waals surface area (Å²) in [6.45, 7) is 6.42. The van der Waals surface area contributed by atoms with Gasteiger partial charge in [-0.15, -0.1) is 0 Å². The quantitative estimate of drug-likeness (QED) is 0.240. The van der Waals surface area contributed by atoms with Crippen molar-refractivity contribution in [2.45, 2.75) is 117 Å². The molecule has 140 valence electrons. The van der Waals surface area contributed by atoms with Crippen LogP contribution in [0, 0.1) is 0 Å². The summed E-state index contributed by atoms with van der Waals surface area (Å²) < 4.78 is -0.0306. The van der Waals surface area contributed by atoms with Crippen LogP contribution in [0.15, 0.2) is 0 Å². The highest BCUT2D eigenvalue weighted by molar-refractivity contribution is 4.57. The molecular weight excluding hydrogens is 290 g/mol. The number of rotatable bonds is 15. The number of aliphatic hydroxyl groups is 3. The van der Waals surface area contributed by atoms with Crippen molar-refractivity contribution in [3.63, 3.8) is 0 Å². The topological polar surface area (TPSA) is 60.7 Å². The Morgan fingerprint density at radius 1 is 0.565 bits per heavy atom. The Morgan fingerprint density at radius 3 is 1.04 bits per heavy atom. The van der Waals surface area contributed by atoms with Crippen molar-refractivity contribution in [3.8, 4) is 0 Å².